The number of alkyl halides is 3. The van der Waals surface area contributed by atoms with Crippen LogP contribution in [-0.4, -0.2) is 22.9 Å². The highest BCUT2D eigenvalue weighted by atomic mass is 19.4. The van der Waals surface area contributed by atoms with Gasteiger partial charge in [-0.3, -0.25) is 9.48 Å². The summed E-state index contributed by atoms with van der Waals surface area (Å²) in [6.45, 7) is 1.98. The molecule has 4 rings (SSSR count). The molecule has 1 aromatic heterocycles. The van der Waals surface area contributed by atoms with E-state index in [9.17, 15) is 18.0 Å². The first-order valence-corrected chi connectivity index (χ1v) is 11.1. The third-order valence-corrected chi connectivity index (χ3v) is 6.08. The fourth-order valence-corrected chi connectivity index (χ4v) is 4.07. The smallest absolute Gasteiger partial charge is 0.416 e. The number of hydrogen-bond donors (Lipinski definition) is 0. The van der Waals surface area contributed by atoms with E-state index in [1.54, 1.807) is 6.08 Å². The molecule has 0 saturated heterocycles. The zero-order valence-electron chi connectivity index (χ0n) is 19.7. The van der Waals surface area contributed by atoms with Gasteiger partial charge in [-0.2, -0.15) is 18.3 Å². The van der Waals surface area contributed by atoms with Crippen molar-refractivity contribution in [3.8, 4) is 11.1 Å². The molecule has 0 aliphatic rings. The van der Waals surface area contributed by atoms with Crippen molar-refractivity contribution in [1.82, 2.24) is 9.78 Å². The van der Waals surface area contributed by atoms with Crippen LogP contribution in [0.5, 0.6) is 0 Å². The van der Waals surface area contributed by atoms with Crippen LogP contribution in [0.2, 0.25) is 0 Å². The van der Waals surface area contributed by atoms with Gasteiger partial charge in [-0.1, -0.05) is 42.5 Å². The summed E-state index contributed by atoms with van der Waals surface area (Å²) in [6.07, 6.45) is 1.97. The largest absolute Gasteiger partial charge is 0.469 e. The number of hydrogen-bond acceptors (Lipinski definition) is 3. The highest BCUT2D eigenvalue weighted by Gasteiger charge is 2.29. The molecule has 0 unspecified atom stereocenters. The van der Waals surface area contributed by atoms with Gasteiger partial charge in [0.15, 0.2) is 0 Å². The van der Waals surface area contributed by atoms with Gasteiger partial charge in [-0.15, -0.1) is 0 Å². The van der Waals surface area contributed by atoms with Gasteiger partial charge in [0.05, 0.1) is 24.4 Å². The lowest BCUT2D eigenvalue weighted by Gasteiger charge is -2.14. The topological polar surface area (TPSA) is 44.1 Å². The first-order valence-electron chi connectivity index (χ1n) is 11.1. The molecule has 7 heteroatoms. The van der Waals surface area contributed by atoms with Gasteiger partial charge in [-0.25, -0.2) is 0 Å². The summed E-state index contributed by atoms with van der Waals surface area (Å²) in [6, 6.07) is 15.3. The zero-order chi connectivity index (χ0) is 25.2. The number of carbonyl (C=O) groups excluding carboxylic acids is 1. The fourth-order valence-electron chi connectivity index (χ4n) is 4.07. The molecule has 0 fully saturated rings. The summed E-state index contributed by atoms with van der Waals surface area (Å²) in [7, 11) is 3.26. The first-order chi connectivity index (χ1) is 16.7. The van der Waals surface area contributed by atoms with Gasteiger partial charge in [0.2, 0.25) is 0 Å². The standard InChI is InChI=1S/C28H25F3N2O2/c1-18-14-21(7-4-19-5-10-24(11-6-19)28(29,30)31)25(16-20(18)9-13-27(34)35-3)22-8-12-26-23(15-22)17-32-33(26)2/h4-8,10-12,14-17H,9,13H2,1-3H3. The first kappa shape index (κ1) is 24.3. The van der Waals surface area contributed by atoms with E-state index in [0.717, 1.165) is 50.9 Å². The van der Waals surface area contributed by atoms with Crippen molar-refractivity contribution in [2.75, 3.05) is 7.11 Å². The van der Waals surface area contributed by atoms with Gasteiger partial charge in [0.1, 0.15) is 0 Å². The minimum atomic E-state index is -4.36. The van der Waals surface area contributed by atoms with Crippen molar-refractivity contribution in [1.29, 1.82) is 0 Å². The van der Waals surface area contributed by atoms with Crippen molar-refractivity contribution in [2.45, 2.75) is 25.9 Å². The predicted molar refractivity (Wildman–Crippen MR) is 132 cm³/mol. The second kappa shape index (κ2) is 9.78. The Bertz CT molecular complexity index is 1400. The average Bonchev–Trinajstić information content (AvgIpc) is 3.21. The lowest BCUT2D eigenvalue weighted by atomic mass is 9.91. The summed E-state index contributed by atoms with van der Waals surface area (Å²) < 4.78 is 45.3. The lowest BCUT2D eigenvalue weighted by molar-refractivity contribution is -0.140. The van der Waals surface area contributed by atoms with Crippen LogP contribution in [0, 0.1) is 6.92 Å². The average molecular weight is 479 g/mol. The number of methoxy groups -OCH3 is 1. The number of esters is 1. The number of nitrogens with zero attached hydrogens (tertiary/aromatic N) is 2. The van der Waals surface area contributed by atoms with Crippen LogP contribution in [0.25, 0.3) is 34.2 Å². The number of aryl methyl sites for hydroxylation is 3. The molecule has 4 aromatic rings. The Balaban J connectivity index is 1.75. The molecule has 0 spiro atoms. The van der Waals surface area contributed by atoms with Crippen LogP contribution in [0.4, 0.5) is 13.2 Å². The van der Waals surface area contributed by atoms with Crippen LogP contribution in [0.15, 0.2) is 60.8 Å². The number of halogens is 3. The van der Waals surface area contributed by atoms with Crippen LogP contribution < -0.4 is 0 Å². The van der Waals surface area contributed by atoms with Gasteiger partial charge in [0, 0.05) is 18.9 Å². The Morgan fingerprint density at radius 2 is 1.80 bits per heavy atom. The molecular formula is C28H25F3N2O2. The van der Waals surface area contributed by atoms with Crippen molar-refractivity contribution in [3.63, 3.8) is 0 Å². The van der Waals surface area contributed by atoms with Crippen molar-refractivity contribution in [3.05, 3.63) is 88.6 Å². The predicted octanol–water partition coefficient (Wildman–Crippen LogP) is 6.84. The Labute approximate surface area is 201 Å². The van der Waals surface area contributed by atoms with E-state index >= 15 is 0 Å². The molecule has 35 heavy (non-hydrogen) atoms. The summed E-state index contributed by atoms with van der Waals surface area (Å²) in [5, 5.41) is 5.31. The molecule has 0 aliphatic carbocycles. The lowest BCUT2D eigenvalue weighted by Crippen LogP contribution is -2.04. The van der Waals surface area contributed by atoms with Gasteiger partial charge in [0.25, 0.3) is 0 Å². The van der Waals surface area contributed by atoms with Crippen LogP contribution in [0.1, 0.15) is 34.2 Å². The molecule has 1 heterocycles. The van der Waals surface area contributed by atoms with Crippen molar-refractivity contribution >= 4 is 29.0 Å². The Morgan fingerprint density at radius 3 is 2.49 bits per heavy atom. The molecule has 3 aromatic carbocycles. The van der Waals surface area contributed by atoms with Gasteiger partial charge in [-0.05, 0) is 71.0 Å². The Morgan fingerprint density at radius 1 is 1.06 bits per heavy atom. The highest BCUT2D eigenvalue weighted by Crippen LogP contribution is 2.32. The molecule has 4 nitrogen and oxygen atoms in total. The van der Waals surface area contributed by atoms with E-state index in [-0.39, 0.29) is 12.4 Å². The molecule has 0 saturated carbocycles. The van der Waals surface area contributed by atoms with E-state index < -0.39 is 11.7 Å². The van der Waals surface area contributed by atoms with Crippen LogP contribution >= 0.6 is 0 Å². The summed E-state index contributed by atoms with van der Waals surface area (Å²) >= 11 is 0. The number of carbonyl (C=O) groups is 1. The number of rotatable bonds is 6. The van der Waals surface area contributed by atoms with E-state index in [4.69, 9.17) is 4.74 Å². The summed E-state index contributed by atoms with van der Waals surface area (Å²) in [5.74, 6) is -0.269. The molecule has 0 amide bonds. The quantitative estimate of drug-likeness (QED) is 0.225. The molecule has 0 aliphatic heterocycles. The molecule has 0 atom stereocenters. The minimum absolute atomic E-state index is 0.269. The van der Waals surface area contributed by atoms with Crippen molar-refractivity contribution < 1.29 is 22.7 Å². The van der Waals surface area contributed by atoms with E-state index in [0.29, 0.717) is 12.0 Å². The number of ether oxygens (including phenoxy) is 1. The SMILES string of the molecule is COC(=O)CCc1cc(-c2ccc3c(cnn3C)c2)c(C=Cc2ccc(C(F)(F)F)cc2)cc1C. The molecule has 0 radical (unpaired) electrons. The van der Waals surface area contributed by atoms with Gasteiger partial charge >= 0.3 is 12.1 Å². The third-order valence-electron chi connectivity index (χ3n) is 6.08. The summed E-state index contributed by atoms with van der Waals surface area (Å²) in [5.41, 5.74) is 5.92. The maximum Gasteiger partial charge on any atom is 0.416 e. The minimum Gasteiger partial charge on any atom is -0.469 e. The maximum atomic E-state index is 12.9. The zero-order valence-corrected chi connectivity index (χ0v) is 19.7. The maximum absolute atomic E-state index is 12.9. The number of fused-ring (bicyclic) bond motifs is 1. The second-order valence-corrected chi connectivity index (χ2v) is 8.44. The normalized spacial score (nSPS) is 11.9. The molecular weight excluding hydrogens is 453 g/mol. The van der Waals surface area contributed by atoms with E-state index in [1.165, 1.54) is 19.2 Å². The Kier molecular flexibility index (Phi) is 6.78. The third kappa shape index (κ3) is 5.45. The monoisotopic (exact) mass is 478 g/mol. The highest BCUT2D eigenvalue weighted by molar-refractivity contribution is 5.88. The van der Waals surface area contributed by atoms with E-state index in [2.05, 4.69) is 17.2 Å². The number of benzene rings is 3. The van der Waals surface area contributed by atoms with E-state index in [1.807, 2.05) is 49.1 Å². The molecule has 180 valence electrons. The van der Waals surface area contributed by atoms with Crippen LogP contribution in [0.3, 0.4) is 0 Å². The molecule has 0 N–H and O–H groups in total. The van der Waals surface area contributed by atoms with Crippen LogP contribution in [-0.2, 0) is 29.2 Å². The Hall–Kier alpha value is -3.87. The van der Waals surface area contributed by atoms with Crippen molar-refractivity contribution in [2.24, 2.45) is 7.05 Å². The number of aromatic nitrogens is 2. The fraction of sp³-hybridized carbons (Fsp3) is 0.214. The summed E-state index contributed by atoms with van der Waals surface area (Å²) in [4.78, 5) is 11.7. The molecule has 0 bridgehead atoms. The second-order valence-electron chi connectivity index (χ2n) is 8.44. The van der Waals surface area contributed by atoms with Gasteiger partial charge < -0.3 is 4.74 Å².